The molecule has 7 rings (SSSR count). The van der Waals surface area contributed by atoms with Crippen LogP contribution in [-0.4, -0.2) is 22.4 Å². The molecule has 0 saturated heterocycles. The van der Waals surface area contributed by atoms with Gasteiger partial charge in [-0.2, -0.15) is 0 Å². The first-order chi connectivity index (χ1) is 9.28. The van der Waals surface area contributed by atoms with Crippen molar-refractivity contribution in [3.05, 3.63) is 35.9 Å². The molecule has 98 valence electrons. The van der Waals surface area contributed by atoms with Crippen molar-refractivity contribution in [2.24, 2.45) is 41.4 Å². The normalized spacial score (nSPS) is 65.9. The molecule has 6 bridgehead atoms. The lowest BCUT2D eigenvalue weighted by Gasteiger charge is -2.42. The van der Waals surface area contributed by atoms with Crippen molar-refractivity contribution in [1.82, 2.24) is 0 Å². The summed E-state index contributed by atoms with van der Waals surface area (Å²) in [5.41, 5.74) is 1.20. The van der Waals surface area contributed by atoms with Gasteiger partial charge in [-0.3, -0.25) is 0 Å². The summed E-state index contributed by atoms with van der Waals surface area (Å²) in [7, 11) is 0. The van der Waals surface area contributed by atoms with Gasteiger partial charge in [0, 0.05) is 11.3 Å². The largest absolute Gasteiger partial charge is 0.392 e. The average molecular weight is 254 g/mol. The predicted octanol–water partition coefficient (Wildman–Crippen LogP) is 1.42. The van der Waals surface area contributed by atoms with Gasteiger partial charge in [0.05, 0.1) is 12.2 Å². The monoisotopic (exact) mass is 254 g/mol. The Kier molecular flexibility index (Phi) is 1.38. The topological polar surface area (TPSA) is 40.5 Å². The molecule has 0 aromatic heterocycles. The van der Waals surface area contributed by atoms with Crippen LogP contribution in [0.1, 0.15) is 12.0 Å². The number of hydrogen-bond donors (Lipinski definition) is 2. The molecule has 1 aromatic carbocycles. The number of aliphatic hydroxyl groups is 2. The third-order valence-corrected chi connectivity index (χ3v) is 7.76. The minimum absolute atomic E-state index is 0.0989. The first kappa shape index (κ1) is 9.95. The lowest BCUT2D eigenvalue weighted by Crippen LogP contribution is -2.44. The van der Waals surface area contributed by atoms with Gasteiger partial charge in [-0.15, -0.1) is 0 Å². The first-order valence-corrected chi connectivity index (χ1v) is 7.69. The van der Waals surface area contributed by atoms with Gasteiger partial charge in [-0.25, -0.2) is 0 Å². The Hall–Kier alpha value is -0.860. The Labute approximate surface area is 112 Å². The number of aliphatic hydroxyl groups excluding tert-OH is 2. The van der Waals surface area contributed by atoms with Gasteiger partial charge in [0.1, 0.15) is 0 Å². The molecule has 6 saturated carbocycles. The van der Waals surface area contributed by atoms with E-state index in [1.807, 2.05) is 6.07 Å². The molecule has 6 fully saturated rings. The van der Waals surface area contributed by atoms with Crippen LogP contribution in [0.3, 0.4) is 0 Å². The molecule has 0 aliphatic heterocycles. The quantitative estimate of drug-likeness (QED) is 0.795. The second-order valence-corrected chi connectivity index (χ2v) is 7.58. The molecule has 2 nitrogen and oxygen atoms in total. The van der Waals surface area contributed by atoms with E-state index in [-0.39, 0.29) is 17.6 Å². The summed E-state index contributed by atoms with van der Waals surface area (Å²) >= 11 is 0. The van der Waals surface area contributed by atoms with E-state index in [9.17, 15) is 10.2 Å². The van der Waals surface area contributed by atoms with Gasteiger partial charge >= 0.3 is 0 Å². The van der Waals surface area contributed by atoms with Crippen LogP contribution in [0.15, 0.2) is 30.3 Å². The molecule has 0 amide bonds. The molecule has 19 heavy (non-hydrogen) atoms. The first-order valence-electron chi connectivity index (χ1n) is 7.69. The highest BCUT2D eigenvalue weighted by Gasteiger charge is 2.89. The Morgan fingerprint density at radius 1 is 0.895 bits per heavy atom. The Bertz CT molecular complexity index is 580. The van der Waals surface area contributed by atoms with Gasteiger partial charge < -0.3 is 10.2 Å². The molecule has 1 aromatic rings. The molecule has 2 heteroatoms. The Morgan fingerprint density at radius 3 is 2.47 bits per heavy atom. The van der Waals surface area contributed by atoms with Crippen molar-refractivity contribution in [3.8, 4) is 0 Å². The summed E-state index contributed by atoms with van der Waals surface area (Å²) in [6.45, 7) is 0. The summed E-state index contributed by atoms with van der Waals surface area (Å²) in [6.07, 6.45) is 0.934. The summed E-state index contributed by atoms with van der Waals surface area (Å²) in [4.78, 5) is 0. The lowest BCUT2D eigenvalue weighted by molar-refractivity contribution is 0.0683. The van der Waals surface area contributed by atoms with Crippen molar-refractivity contribution in [2.75, 3.05) is 0 Å². The maximum Gasteiger partial charge on any atom is 0.0677 e. The van der Waals surface area contributed by atoms with Crippen LogP contribution in [0, 0.1) is 41.4 Å². The predicted molar refractivity (Wildman–Crippen MR) is 69.2 cm³/mol. The fraction of sp³-hybridized carbons (Fsp3) is 0.647. The van der Waals surface area contributed by atoms with Crippen LogP contribution in [0.4, 0.5) is 0 Å². The van der Waals surface area contributed by atoms with E-state index in [1.165, 1.54) is 12.0 Å². The van der Waals surface area contributed by atoms with Gasteiger partial charge in [0.2, 0.25) is 0 Å². The second kappa shape index (κ2) is 2.64. The third kappa shape index (κ3) is 0.696. The van der Waals surface area contributed by atoms with Gasteiger partial charge in [-0.1, -0.05) is 30.3 Å². The molecule has 0 spiro atoms. The molecule has 6 aliphatic rings. The van der Waals surface area contributed by atoms with Gasteiger partial charge in [-0.05, 0) is 47.5 Å². The van der Waals surface area contributed by atoms with Crippen molar-refractivity contribution in [2.45, 2.75) is 24.0 Å². The smallest absolute Gasteiger partial charge is 0.0677 e. The van der Waals surface area contributed by atoms with Crippen LogP contribution in [0.25, 0.3) is 0 Å². The molecule has 10 atom stereocenters. The number of benzene rings is 1. The van der Waals surface area contributed by atoms with Crippen molar-refractivity contribution < 1.29 is 10.2 Å². The standard InChI is InChI=1S/C17H18O2/c18-15-12-8-6-9-11-10(8)14(15)17(13(9)12,16(11)19)7-4-2-1-3-5-7/h1-5,8-16,18-19H,6H2/t8-,9+,10-,11-,12+,13-,14-,15+,16-,17+/m0/s1. The molecule has 0 unspecified atom stereocenters. The molecule has 0 radical (unpaired) electrons. The molecule has 0 heterocycles. The van der Waals surface area contributed by atoms with Gasteiger partial charge in [0.25, 0.3) is 0 Å². The van der Waals surface area contributed by atoms with Crippen LogP contribution in [0.5, 0.6) is 0 Å². The van der Waals surface area contributed by atoms with Crippen LogP contribution in [-0.2, 0) is 5.41 Å². The van der Waals surface area contributed by atoms with Crippen molar-refractivity contribution in [3.63, 3.8) is 0 Å². The summed E-state index contributed by atoms with van der Waals surface area (Å²) in [6, 6.07) is 10.6. The van der Waals surface area contributed by atoms with Crippen molar-refractivity contribution >= 4 is 0 Å². The molecular weight excluding hydrogens is 236 g/mol. The third-order valence-electron chi connectivity index (χ3n) is 7.76. The van der Waals surface area contributed by atoms with Crippen molar-refractivity contribution in [1.29, 1.82) is 0 Å². The van der Waals surface area contributed by atoms with E-state index in [0.717, 1.165) is 5.92 Å². The molecule has 2 N–H and O–H groups in total. The fourth-order valence-corrected chi connectivity index (χ4v) is 7.93. The molecular formula is C17H18O2. The van der Waals surface area contributed by atoms with Gasteiger partial charge in [0.15, 0.2) is 0 Å². The van der Waals surface area contributed by atoms with E-state index in [4.69, 9.17) is 0 Å². The Morgan fingerprint density at radius 2 is 1.68 bits per heavy atom. The van der Waals surface area contributed by atoms with E-state index in [2.05, 4.69) is 24.3 Å². The summed E-state index contributed by atoms with van der Waals surface area (Å²) in [5.74, 6) is 3.93. The maximum absolute atomic E-state index is 11.0. The number of rotatable bonds is 1. The summed E-state index contributed by atoms with van der Waals surface area (Å²) < 4.78 is 0. The maximum atomic E-state index is 11.0. The van der Waals surface area contributed by atoms with Crippen LogP contribution in [0.2, 0.25) is 0 Å². The minimum Gasteiger partial charge on any atom is -0.392 e. The SMILES string of the molecule is O[C@@H]1[C@@H]2[C@H]3C[C@@H]4[C@H]5[C@H]3[C@@H]1[C@@](c1ccccc1)([C@@H]42)[C@H]5O. The fourth-order valence-electron chi connectivity index (χ4n) is 7.93. The Balaban J connectivity index is 1.68. The van der Waals surface area contributed by atoms with E-state index >= 15 is 0 Å². The summed E-state index contributed by atoms with van der Waals surface area (Å²) in [5, 5.41) is 21.8. The van der Waals surface area contributed by atoms with E-state index < -0.39 is 0 Å². The lowest BCUT2D eigenvalue weighted by atomic mass is 9.61. The van der Waals surface area contributed by atoms with E-state index in [0.29, 0.717) is 35.5 Å². The number of hydrogen-bond acceptors (Lipinski definition) is 2. The van der Waals surface area contributed by atoms with E-state index in [1.54, 1.807) is 0 Å². The molecule has 6 aliphatic carbocycles. The average Bonchev–Trinajstić information content (AvgIpc) is 3.15. The second-order valence-electron chi connectivity index (χ2n) is 7.58. The van der Waals surface area contributed by atoms with Crippen LogP contribution >= 0.6 is 0 Å². The zero-order valence-electron chi connectivity index (χ0n) is 10.7. The highest BCUT2D eigenvalue weighted by Crippen LogP contribution is 2.86. The zero-order valence-corrected chi connectivity index (χ0v) is 10.7. The highest BCUT2D eigenvalue weighted by atomic mass is 16.3. The minimum atomic E-state index is -0.202. The highest BCUT2D eigenvalue weighted by molar-refractivity contribution is 5.47. The van der Waals surface area contributed by atoms with Crippen LogP contribution < -0.4 is 0 Å². The zero-order chi connectivity index (χ0) is 12.5.